The molecule has 0 bridgehead atoms. The molecule has 1 aliphatic carbocycles. The molecule has 0 heterocycles. The SMILES string of the molecule is CC[C@@H](C(=O)NC1CCCCC1)N(Cc1cccc(OC)c1)C(=O)CCCOc1ccccc1. The zero-order valence-corrected chi connectivity index (χ0v) is 20.5. The number of para-hydroxylation sites is 1. The molecule has 2 amide bonds. The molecule has 34 heavy (non-hydrogen) atoms. The molecule has 0 saturated heterocycles. The molecule has 1 atom stereocenters. The van der Waals surface area contributed by atoms with E-state index in [1.165, 1.54) is 6.42 Å². The first-order valence-corrected chi connectivity index (χ1v) is 12.5. The fourth-order valence-corrected chi connectivity index (χ4v) is 4.51. The van der Waals surface area contributed by atoms with Crippen LogP contribution in [0.25, 0.3) is 0 Å². The highest BCUT2D eigenvalue weighted by Crippen LogP contribution is 2.21. The van der Waals surface area contributed by atoms with Crippen LogP contribution in [-0.2, 0) is 16.1 Å². The van der Waals surface area contributed by atoms with Gasteiger partial charge in [-0.2, -0.15) is 0 Å². The van der Waals surface area contributed by atoms with E-state index in [0.29, 0.717) is 32.4 Å². The second-order valence-corrected chi connectivity index (χ2v) is 8.91. The van der Waals surface area contributed by atoms with Crippen LogP contribution in [0.4, 0.5) is 0 Å². The highest BCUT2D eigenvalue weighted by molar-refractivity contribution is 5.87. The van der Waals surface area contributed by atoms with E-state index in [2.05, 4.69) is 5.32 Å². The predicted octanol–water partition coefficient (Wildman–Crippen LogP) is 5.11. The van der Waals surface area contributed by atoms with Gasteiger partial charge in [-0.15, -0.1) is 0 Å². The highest BCUT2D eigenvalue weighted by atomic mass is 16.5. The third-order valence-corrected chi connectivity index (χ3v) is 6.37. The molecule has 1 aliphatic rings. The lowest BCUT2D eigenvalue weighted by atomic mass is 9.95. The molecule has 0 unspecified atom stereocenters. The first-order chi connectivity index (χ1) is 16.6. The summed E-state index contributed by atoms with van der Waals surface area (Å²) < 4.78 is 11.1. The third-order valence-electron chi connectivity index (χ3n) is 6.37. The van der Waals surface area contributed by atoms with Gasteiger partial charge in [0.05, 0.1) is 13.7 Å². The second-order valence-electron chi connectivity index (χ2n) is 8.91. The van der Waals surface area contributed by atoms with Gasteiger partial charge < -0.3 is 19.7 Å². The van der Waals surface area contributed by atoms with Gasteiger partial charge in [0.1, 0.15) is 17.5 Å². The lowest BCUT2D eigenvalue weighted by Crippen LogP contribution is -2.51. The molecule has 2 aromatic rings. The van der Waals surface area contributed by atoms with Crippen LogP contribution in [-0.4, -0.2) is 42.5 Å². The van der Waals surface area contributed by atoms with Crippen LogP contribution in [0.1, 0.15) is 63.9 Å². The maximum absolute atomic E-state index is 13.4. The Morgan fingerprint density at radius 3 is 2.47 bits per heavy atom. The van der Waals surface area contributed by atoms with Crippen molar-refractivity contribution in [1.29, 1.82) is 0 Å². The van der Waals surface area contributed by atoms with Gasteiger partial charge in [-0.1, -0.05) is 56.5 Å². The number of carbonyl (C=O) groups excluding carboxylic acids is 2. The number of rotatable bonds is 12. The van der Waals surface area contributed by atoms with Gasteiger partial charge in [-0.05, 0) is 55.5 Å². The summed E-state index contributed by atoms with van der Waals surface area (Å²) in [5.74, 6) is 1.44. The highest BCUT2D eigenvalue weighted by Gasteiger charge is 2.30. The van der Waals surface area contributed by atoms with Crippen LogP contribution in [0.5, 0.6) is 11.5 Å². The Hall–Kier alpha value is -3.02. The number of benzene rings is 2. The minimum Gasteiger partial charge on any atom is -0.497 e. The molecule has 1 N–H and O–H groups in total. The average Bonchev–Trinajstić information content (AvgIpc) is 2.87. The lowest BCUT2D eigenvalue weighted by Gasteiger charge is -2.33. The van der Waals surface area contributed by atoms with E-state index in [1.807, 2.05) is 61.5 Å². The van der Waals surface area contributed by atoms with Crippen LogP contribution in [0, 0.1) is 0 Å². The molecule has 0 radical (unpaired) electrons. The Balaban J connectivity index is 1.67. The average molecular weight is 467 g/mol. The lowest BCUT2D eigenvalue weighted by molar-refractivity contribution is -0.142. The molecule has 6 nitrogen and oxygen atoms in total. The molecule has 2 aromatic carbocycles. The molecule has 0 aliphatic heterocycles. The largest absolute Gasteiger partial charge is 0.497 e. The van der Waals surface area contributed by atoms with Crippen LogP contribution in [0.15, 0.2) is 54.6 Å². The topological polar surface area (TPSA) is 67.9 Å². The Morgan fingerprint density at radius 2 is 1.76 bits per heavy atom. The van der Waals surface area contributed by atoms with Gasteiger partial charge in [-0.25, -0.2) is 0 Å². The third kappa shape index (κ3) is 7.79. The van der Waals surface area contributed by atoms with Crippen molar-refractivity contribution < 1.29 is 19.1 Å². The molecule has 3 rings (SSSR count). The molecule has 0 aromatic heterocycles. The van der Waals surface area contributed by atoms with Crippen molar-refractivity contribution in [2.45, 2.75) is 76.9 Å². The van der Waals surface area contributed by atoms with Crippen molar-refractivity contribution >= 4 is 11.8 Å². The summed E-state index contributed by atoms with van der Waals surface area (Å²) >= 11 is 0. The van der Waals surface area contributed by atoms with Crippen LogP contribution in [0.2, 0.25) is 0 Å². The summed E-state index contributed by atoms with van der Waals surface area (Å²) in [5.41, 5.74) is 0.942. The van der Waals surface area contributed by atoms with Crippen molar-refractivity contribution in [2.24, 2.45) is 0 Å². The van der Waals surface area contributed by atoms with Crippen molar-refractivity contribution in [3.63, 3.8) is 0 Å². The zero-order valence-electron chi connectivity index (χ0n) is 20.5. The molecule has 184 valence electrons. The minimum absolute atomic E-state index is 0.0369. The zero-order chi connectivity index (χ0) is 24.2. The van der Waals surface area contributed by atoms with Gasteiger partial charge in [0.25, 0.3) is 0 Å². The molecule has 1 fully saturated rings. The number of nitrogens with zero attached hydrogens (tertiary/aromatic N) is 1. The van der Waals surface area contributed by atoms with Gasteiger partial charge in [0.15, 0.2) is 0 Å². The van der Waals surface area contributed by atoms with Crippen molar-refractivity contribution in [3.05, 3.63) is 60.2 Å². The van der Waals surface area contributed by atoms with E-state index < -0.39 is 6.04 Å². The second kappa shape index (κ2) is 13.6. The van der Waals surface area contributed by atoms with Crippen LogP contribution in [0.3, 0.4) is 0 Å². The molecule has 0 spiro atoms. The van der Waals surface area contributed by atoms with E-state index in [-0.39, 0.29) is 17.9 Å². The Bertz CT molecular complexity index is 896. The summed E-state index contributed by atoms with van der Waals surface area (Å²) in [6.45, 7) is 2.79. The van der Waals surface area contributed by atoms with Gasteiger partial charge in [-0.3, -0.25) is 9.59 Å². The minimum atomic E-state index is -0.504. The van der Waals surface area contributed by atoms with Gasteiger partial charge in [0.2, 0.25) is 11.8 Å². The number of hydrogen-bond acceptors (Lipinski definition) is 4. The summed E-state index contributed by atoms with van der Waals surface area (Å²) in [7, 11) is 1.63. The van der Waals surface area contributed by atoms with E-state index >= 15 is 0 Å². The van der Waals surface area contributed by atoms with E-state index in [0.717, 1.165) is 42.7 Å². The van der Waals surface area contributed by atoms with E-state index in [9.17, 15) is 9.59 Å². The summed E-state index contributed by atoms with van der Waals surface area (Å²) in [4.78, 5) is 28.4. The van der Waals surface area contributed by atoms with Gasteiger partial charge in [0, 0.05) is 19.0 Å². The Kier molecular flexibility index (Phi) is 10.3. The molecular formula is C28H38N2O4. The summed E-state index contributed by atoms with van der Waals surface area (Å²) in [5, 5.41) is 3.22. The molecule has 6 heteroatoms. The van der Waals surface area contributed by atoms with Crippen molar-refractivity contribution in [2.75, 3.05) is 13.7 Å². The summed E-state index contributed by atoms with van der Waals surface area (Å²) in [6.07, 6.45) is 7.04. The number of carbonyl (C=O) groups is 2. The number of amides is 2. The van der Waals surface area contributed by atoms with Gasteiger partial charge >= 0.3 is 0 Å². The first-order valence-electron chi connectivity index (χ1n) is 12.5. The van der Waals surface area contributed by atoms with Crippen molar-refractivity contribution in [1.82, 2.24) is 10.2 Å². The molecular weight excluding hydrogens is 428 g/mol. The van der Waals surface area contributed by atoms with Crippen LogP contribution >= 0.6 is 0 Å². The molecule has 1 saturated carbocycles. The normalized spacial score (nSPS) is 14.8. The fourth-order valence-electron chi connectivity index (χ4n) is 4.51. The Morgan fingerprint density at radius 1 is 1.03 bits per heavy atom. The maximum atomic E-state index is 13.4. The fraction of sp³-hybridized carbons (Fsp3) is 0.500. The number of nitrogens with one attached hydrogen (secondary N) is 1. The monoisotopic (exact) mass is 466 g/mol. The number of hydrogen-bond donors (Lipinski definition) is 1. The van der Waals surface area contributed by atoms with E-state index in [1.54, 1.807) is 12.0 Å². The van der Waals surface area contributed by atoms with Crippen LogP contribution < -0.4 is 14.8 Å². The predicted molar refractivity (Wildman–Crippen MR) is 134 cm³/mol. The van der Waals surface area contributed by atoms with Crippen molar-refractivity contribution in [3.8, 4) is 11.5 Å². The smallest absolute Gasteiger partial charge is 0.243 e. The number of methoxy groups -OCH3 is 1. The first kappa shape index (κ1) is 25.6. The Labute approximate surface area is 203 Å². The quantitative estimate of drug-likeness (QED) is 0.442. The van der Waals surface area contributed by atoms with E-state index in [4.69, 9.17) is 9.47 Å². The maximum Gasteiger partial charge on any atom is 0.243 e. The summed E-state index contributed by atoms with van der Waals surface area (Å²) in [6, 6.07) is 17.0. The number of ether oxygens (including phenoxy) is 2. The standard InChI is InChI=1S/C28H38N2O4/c1-3-26(28(32)29-23-13-6-4-7-14-23)30(21-22-12-10-17-25(20-22)33-2)27(31)18-11-19-34-24-15-8-5-9-16-24/h5,8-10,12,15-17,20,23,26H,3-4,6-7,11,13-14,18-19,21H2,1-2H3,(H,29,32)/t26-/m0/s1.